The molecule has 0 heterocycles. The number of carbonyl (C=O) groups excluding carboxylic acids is 2. The molecule has 0 rings (SSSR count). The van der Waals surface area contributed by atoms with Crippen LogP contribution in [0.25, 0.3) is 0 Å². The zero-order valence-corrected chi connectivity index (χ0v) is 30.7. The molecular weight excluding hydrogens is 574 g/mol. The van der Waals surface area contributed by atoms with Crippen molar-refractivity contribution in [1.82, 2.24) is 5.32 Å². The van der Waals surface area contributed by atoms with E-state index in [0.717, 1.165) is 77.0 Å². The van der Waals surface area contributed by atoms with Gasteiger partial charge in [0.05, 0.1) is 25.2 Å². The summed E-state index contributed by atoms with van der Waals surface area (Å²) in [6.07, 6.45) is 34.2. The van der Waals surface area contributed by atoms with Crippen molar-refractivity contribution in [3.63, 3.8) is 0 Å². The lowest BCUT2D eigenvalue weighted by molar-refractivity contribution is -0.151. The monoisotopic (exact) mass is 652 g/mol. The van der Waals surface area contributed by atoms with Gasteiger partial charge in [-0.2, -0.15) is 0 Å². The first kappa shape index (κ1) is 44.6. The second kappa shape index (κ2) is 34.9. The molecule has 0 radical (unpaired) electrons. The molecule has 0 aromatic carbocycles. The first-order chi connectivity index (χ1) is 22.5. The highest BCUT2D eigenvalue weighted by molar-refractivity contribution is 5.77. The van der Waals surface area contributed by atoms with Crippen LogP contribution in [0.15, 0.2) is 12.2 Å². The van der Waals surface area contributed by atoms with Crippen LogP contribution in [0.2, 0.25) is 0 Å². The second-order valence-electron chi connectivity index (χ2n) is 13.7. The van der Waals surface area contributed by atoms with E-state index in [4.69, 9.17) is 4.74 Å². The van der Waals surface area contributed by atoms with Gasteiger partial charge in [0.1, 0.15) is 6.10 Å². The van der Waals surface area contributed by atoms with Crippen molar-refractivity contribution < 1.29 is 24.5 Å². The Kier molecular flexibility index (Phi) is 33.9. The van der Waals surface area contributed by atoms with Crippen LogP contribution in [0, 0.1) is 0 Å². The molecule has 0 spiro atoms. The number of aliphatic hydroxyl groups is 2. The summed E-state index contributed by atoms with van der Waals surface area (Å²) in [6.45, 7) is 6.35. The van der Waals surface area contributed by atoms with Crippen LogP contribution in [-0.2, 0) is 14.3 Å². The second-order valence-corrected chi connectivity index (χ2v) is 13.7. The van der Waals surface area contributed by atoms with Gasteiger partial charge in [0.15, 0.2) is 0 Å². The van der Waals surface area contributed by atoms with Gasteiger partial charge in [0.2, 0.25) is 5.91 Å². The number of amides is 1. The molecule has 0 fully saturated rings. The number of rotatable bonds is 35. The molecule has 46 heavy (non-hydrogen) atoms. The van der Waals surface area contributed by atoms with E-state index in [9.17, 15) is 19.8 Å². The SMILES string of the molecule is CCC/C=C\CCCCCC(CC(=O)NC(CO)C(O)CCCCCCCCCCCC)OC(=O)CCCCCCCCCCC. The molecule has 6 heteroatoms. The molecule has 6 nitrogen and oxygen atoms in total. The summed E-state index contributed by atoms with van der Waals surface area (Å²) in [5, 5.41) is 23.4. The smallest absolute Gasteiger partial charge is 0.306 e. The van der Waals surface area contributed by atoms with E-state index in [0.29, 0.717) is 19.3 Å². The molecule has 0 saturated carbocycles. The number of hydrogen-bond acceptors (Lipinski definition) is 5. The fraction of sp³-hybridized carbons (Fsp3) is 0.900. The van der Waals surface area contributed by atoms with Gasteiger partial charge >= 0.3 is 5.97 Å². The molecule has 0 aliphatic carbocycles. The Morgan fingerprint density at radius 1 is 0.609 bits per heavy atom. The number of esters is 1. The third-order valence-corrected chi connectivity index (χ3v) is 9.08. The summed E-state index contributed by atoms with van der Waals surface area (Å²) in [4.78, 5) is 25.7. The van der Waals surface area contributed by atoms with E-state index in [-0.39, 0.29) is 24.9 Å². The maximum Gasteiger partial charge on any atom is 0.306 e. The summed E-state index contributed by atoms with van der Waals surface area (Å²) in [5.41, 5.74) is 0. The van der Waals surface area contributed by atoms with Crippen LogP contribution in [0.1, 0.15) is 207 Å². The normalized spacial score (nSPS) is 13.6. The molecule has 0 bridgehead atoms. The van der Waals surface area contributed by atoms with Crippen LogP contribution in [0.5, 0.6) is 0 Å². The summed E-state index contributed by atoms with van der Waals surface area (Å²) in [7, 11) is 0. The van der Waals surface area contributed by atoms with E-state index in [1.165, 1.54) is 83.5 Å². The Bertz CT molecular complexity index is 697. The summed E-state index contributed by atoms with van der Waals surface area (Å²) in [6, 6.07) is -0.695. The minimum Gasteiger partial charge on any atom is -0.462 e. The van der Waals surface area contributed by atoms with Crippen molar-refractivity contribution in [3.8, 4) is 0 Å². The standard InChI is InChI=1S/C40H77NO5/c1-4-7-10-13-16-19-21-23-26-29-32-38(43)37(35-42)41-39(44)34-36(31-28-25-22-18-15-12-9-6-3)46-40(45)33-30-27-24-20-17-14-11-8-5-2/h12,15,36-38,42-43H,4-11,13-14,16-35H2,1-3H3,(H,41,44)/b15-12-. The average Bonchev–Trinajstić information content (AvgIpc) is 3.04. The predicted molar refractivity (Wildman–Crippen MR) is 195 cm³/mol. The maximum atomic E-state index is 13.0. The zero-order chi connectivity index (χ0) is 33.9. The van der Waals surface area contributed by atoms with Crippen LogP contribution < -0.4 is 5.32 Å². The van der Waals surface area contributed by atoms with Gasteiger partial charge in [-0.05, 0) is 44.9 Å². The molecule has 3 unspecified atom stereocenters. The maximum absolute atomic E-state index is 13.0. The topological polar surface area (TPSA) is 95.9 Å². The van der Waals surface area contributed by atoms with Gasteiger partial charge in [-0.3, -0.25) is 9.59 Å². The number of ether oxygens (including phenoxy) is 1. The molecule has 0 aliphatic heterocycles. The number of carbonyl (C=O) groups is 2. The highest BCUT2D eigenvalue weighted by Gasteiger charge is 2.24. The molecule has 0 aromatic heterocycles. The van der Waals surface area contributed by atoms with Crippen LogP contribution in [0.3, 0.4) is 0 Å². The quantitative estimate of drug-likeness (QED) is 0.0360. The fourth-order valence-electron chi connectivity index (χ4n) is 6.02. The number of unbranched alkanes of at least 4 members (excludes halogenated alkanes) is 21. The van der Waals surface area contributed by atoms with Crippen LogP contribution in [-0.4, -0.2) is 46.9 Å². The highest BCUT2D eigenvalue weighted by Crippen LogP contribution is 2.17. The van der Waals surface area contributed by atoms with E-state index in [1.807, 2.05) is 0 Å². The number of allylic oxidation sites excluding steroid dienone is 2. The number of aliphatic hydroxyl groups excluding tert-OH is 2. The predicted octanol–water partition coefficient (Wildman–Crippen LogP) is 10.7. The van der Waals surface area contributed by atoms with Gasteiger partial charge < -0.3 is 20.3 Å². The molecule has 0 saturated heterocycles. The van der Waals surface area contributed by atoms with Gasteiger partial charge in [-0.15, -0.1) is 0 Å². The third-order valence-electron chi connectivity index (χ3n) is 9.08. The minimum absolute atomic E-state index is 0.0708. The Morgan fingerprint density at radius 2 is 1.09 bits per heavy atom. The minimum atomic E-state index is -0.781. The molecule has 1 amide bonds. The molecule has 0 aromatic rings. The Morgan fingerprint density at radius 3 is 1.63 bits per heavy atom. The molecule has 3 N–H and O–H groups in total. The van der Waals surface area contributed by atoms with E-state index < -0.39 is 18.2 Å². The van der Waals surface area contributed by atoms with Crippen molar-refractivity contribution in [1.29, 1.82) is 0 Å². The first-order valence-electron chi connectivity index (χ1n) is 19.9. The number of nitrogens with one attached hydrogen (secondary N) is 1. The Hall–Kier alpha value is -1.40. The third kappa shape index (κ3) is 30.0. The molecule has 0 aliphatic rings. The molecule has 272 valence electrons. The summed E-state index contributed by atoms with van der Waals surface area (Å²) >= 11 is 0. The lowest BCUT2D eigenvalue weighted by Crippen LogP contribution is -2.46. The van der Waals surface area contributed by atoms with Crippen LogP contribution >= 0.6 is 0 Å². The first-order valence-corrected chi connectivity index (χ1v) is 19.9. The number of hydrogen-bond donors (Lipinski definition) is 3. The van der Waals surface area contributed by atoms with Crippen molar-refractivity contribution in [2.24, 2.45) is 0 Å². The van der Waals surface area contributed by atoms with Crippen molar-refractivity contribution in [2.45, 2.75) is 225 Å². The molecule has 3 atom stereocenters. The van der Waals surface area contributed by atoms with Crippen molar-refractivity contribution in [3.05, 3.63) is 12.2 Å². The van der Waals surface area contributed by atoms with Gasteiger partial charge in [-0.25, -0.2) is 0 Å². The Labute approximate surface area is 285 Å². The van der Waals surface area contributed by atoms with E-state index >= 15 is 0 Å². The van der Waals surface area contributed by atoms with E-state index in [2.05, 4.69) is 38.2 Å². The largest absolute Gasteiger partial charge is 0.462 e. The highest BCUT2D eigenvalue weighted by atomic mass is 16.5. The van der Waals surface area contributed by atoms with E-state index in [1.54, 1.807) is 0 Å². The lowest BCUT2D eigenvalue weighted by atomic mass is 10.0. The Balaban J connectivity index is 4.56. The van der Waals surface area contributed by atoms with Gasteiger partial charge in [-0.1, -0.05) is 161 Å². The van der Waals surface area contributed by atoms with Gasteiger partial charge in [0.25, 0.3) is 0 Å². The summed E-state index contributed by atoms with van der Waals surface area (Å²) in [5.74, 6) is -0.493. The lowest BCUT2D eigenvalue weighted by Gasteiger charge is -2.24. The molecular formula is C40H77NO5. The summed E-state index contributed by atoms with van der Waals surface area (Å²) < 4.78 is 5.83. The van der Waals surface area contributed by atoms with Gasteiger partial charge in [0, 0.05) is 6.42 Å². The fourth-order valence-corrected chi connectivity index (χ4v) is 6.02. The van der Waals surface area contributed by atoms with Crippen molar-refractivity contribution in [2.75, 3.05) is 6.61 Å². The van der Waals surface area contributed by atoms with Crippen LogP contribution in [0.4, 0.5) is 0 Å². The van der Waals surface area contributed by atoms with Crippen molar-refractivity contribution >= 4 is 11.9 Å². The average molecular weight is 652 g/mol. The zero-order valence-electron chi connectivity index (χ0n) is 30.7.